The quantitative estimate of drug-likeness (QED) is 0.165. The van der Waals surface area contributed by atoms with E-state index in [1.165, 1.54) is 15.4 Å². The van der Waals surface area contributed by atoms with Crippen molar-refractivity contribution in [3.63, 3.8) is 0 Å². The number of piperazine rings is 1. The van der Waals surface area contributed by atoms with E-state index in [2.05, 4.69) is 53.4 Å². The number of carbonyl (C=O) groups is 1. The van der Waals surface area contributed by atoms with E-state index in [0.717, 1.165) is 24.2 Å². The summed E-state index contributed by atoms with van der Waals surface area (Å²) >= 11 is 6.31. The molecule has 0 saturated carbocycles. The van der Waals surface area contributed by atoms with Gasteiger partial charge in [0.05, 0.1) is 23.2 Å². The molecule has 1 fully saturated rings. The fourth-order valence-corrected chi connectivity index (χ4v) is 7.74. The van der Waals surface area contributed by atoms with E-state index in [0.29, 0.717) is 29.4 Å². The van der Waals surface area contributed by atoms with Crippen LogP contribution < -0.4 is 4.31 Å². The number of nitrogens with zero attached hydrogens (tertiary/aromatic N) is 3. The van der Waals surface area contributed by atoms with E-state index in [1.54, 1.807) is 54.6 Å². The number of hydrogen-bond donors (Lipinski definition) is 0. The molecule has 234 valence electrons. The molecule has 0 bridgehead atoms. The predicted molar refractivity (Wildman–Crippen MR) is 185 cm³/mol. The Morgan fingerprint density at radius 2 is 1.28 bits per heavy atom. The number of halogens is 1. The van der Waals surface area contributed by atoms with Gasteiger partial charge >= 0.3 is 0 Å². The van der Waals surface area contributed by atoms with Crippen LogP contribution in [0.15, 0.2) is 138 Å². The Morgan fingerprint density at radius 3 is 1.85 bits per heavy atom. The maximum Gasteiger partial charge on any atom is 0.264 e. The first-order valence-electron chi connectivity index (χ1n) is 15.4. The molecule has 1 aliphatic heterocycles. The van der Waals surface area contributed by atoms with E-state index in [4.69, 9.17) is 11.6 Å². The second kappa shape index (κ2) is 13.9. The Labute approximate surface area is 276 Å². The molecule has 5 aromatic carbocycles. The third-order valence-corrected chi connectivity index (χ3v) is 10.5. The number of anilines is 1. The van der Waals surface area contributed by atoms with Crippen LogP contribution in [0.2, 0.25) is 5.02 Å². The van der Waals surface area contributed by atoms with Gasteiger partial charge in [0.15, 0.2) is 0 Å². The fraction of sp³-hybridized carbons (Fsp3) is 0.184. The molecule has 0 atom stereocenters. The van der Waals surface area contributed by atoms with Crippen molar-refractivity contribution in [1.82, 2.24) is 9.80 Å². The highest BCUT2D eigenvalue weighted by atomic mass is 35.5. The number of rotatable bonds is 9. The summed E-state index contributed by atoms with van der Waals surface area (Å²) in [5, 5.41) is 0.453. The first-order valence-corrected chi connectivity index (χ1v) is 17.2. The summed E-state index contributed by atoms with van der Waals surface area (Å²) < 4.78 is 29.1. The molecule has 0 spiro atoms. The van der Waals surface area contributed by atoms with E-state index in [9.17, 15) is 13.2 Å². The van der Waals surface area contributed by atoms with Gasteiger partial charge in [0.25, 0.3) is 15.9 Å². The smallest absolute Gasteiger partial charge is 0.264 e. The molecule has 5 aromatic rings. The normalized spacial score (nSPS) is 13.9. The highest BCUT2D eigenvalue weighted by Crippen LogP contribution is 2.32. The topological polar surface area (TPSA) is 60.9 Å². The van der Waals surface area contributed by atoms with Crippen LogP contribution in [0.1, 0.15) is 38.7 Å². The summed E-state index contributed by atoms with van der Waals surface area (Å²) in [6.07, 6.45) is 0. The first kappa shape index (κ1) is 31.5. The molecule has 1 saturated heterocycles. The van der Waals surface area contributed by atoms with Crippen LogP contribution in [-0.2, 0) is 16.6 Å². The van der Waals surface area contributed by atoms with Crippen LogP contribution in [0.4, 0.5) is 5.69 Å². The monoisotopic (exact) mass is 649 g/mol. The molecule has 0 radical (unpaired) electrons. The lowest BCUT2D eigenvalue weighted by atomic mass is 9.96. The van der Waals surface area contributed by atoms with Crippen LogP contribution in [0.25, 0.3) is 0 Å². The van der Waals surface area contributed by atoms with Crippen molar-refractivity contribution < 1.29 is 13.2 Å². The van der Waals surface area contributed by atoms with Crippen LogP contribution in [0.5, 0.6) is 0 Å². The molecule has 8 heteroatoms. The molecular formula is C38H36ClN3O3S. The van der Waals surface area contributed by atoms with Crippen molar-refractivity contribution in [3.8, 4) is 0 Å². The molecule has 6 nitrogen and oxygen atoms in total. The van der Waals surface area contributed by atoms with Crippen molar-refractivity contribution in [2.24, 2.45) is 0 Å². The van der Waals surface area contributed by atoms with E-state index in [-0.39, 0.29) is 23.4 Å². The second-order valence-corrected chi connectivity index (χ2v) is 13.8. The number of carbonyl (C=O) groups excluding carboxylic acids is 1. The minimum atomic E-state index is -3.89. The summed E-state index contributed by atoms with van der Waals surface area (Å²) in [6, 6.07) is 42.0. The van der Waals surface area contributed by atoms with Crippen molar-refractivity contribution >= 4 is 33.2 Å². The molecule has 46 heavy (non-hydrogen) atoms. The van der Waals surface area contributed by atoms with Crippen LogP contribution in [0, 0.1) is 6.92 Å². The summed E-state index contributed by atoms with van der Waals surface area (Å²) in [4.78, 5) is 18.1. The van der Waals surface area contributed by atoms with Gasteiger partial charge in [0.2, 0.25) is 0 Å². The molecule has 1 aliphatic rings. The highest BCUT2D eigenvalue weighted by Gasteiger charge is 2.29. The molecule has 6 rings (SSSR count). The molecule has 0 unspecified atom stereocenters. The number of sulfonamides is 1. The Kier molecular flexibility index (Phi) is 9.54. The number of amides is 1. The van der Waals surface area contributed by atoms with E-state index < -0.39 is 10.0 Å². The van der Waals surface area contributed by atoms with Gasteiger partial charge in [-0.1, -0.05) is 109 Å². The average Bonchev–Trinajstić information content (AvgIpc) is 3.10. The van der Waals surface area contributed by atoms with E-state index >= 15 is 0 Å². The van der Waals surface area contributed by atoms with Crippen molar-refractivity contribution in [2.45, 2.75) is 24.4 Å². The second-order valence-electron chi connectivity index (χ2n) is 11.5. The van der Waals surface area contributed by atoms with E-state index in [1.807, 2.05) is 42.2 Å². The third kappa shape index (κ3) is 6.87. The summed E-state index contributed by atoms with van der Waals surface area (Å²) in [7, 11) is -3.89. The molecule has 0 N–H and O–H groups in total. The zero-order valence-corrected chi connectivity index (χ0v) is 27.2. The van der Waals surface area contributed by atoms with Gasteiger partial charge in [-0.05, 0) is 65.6 Å². The number of benzene rings is 5. The lowest BCUT2D eigenvalue weighted by Gasteiger charge is -2.39. The minimum absolute atomic E-state index is 0.0263. The minimum Gasteiger partial charge on any atom is -0.336 e. The van der Waals surface area contributed by atoms with Crippen molar-refractivity contribution in [3.05, 3.63) is 166 Å². The Morgan fingerprint density at radius 1 is 0.739 bits per heavy atom. The summed E-state index contributed by atoms with van der Waals surface area (Å²) in [5.41, 5.74) is 5.11. The van der Waals surface area contributed by atoms with Gasteiger partial charge in [-0.25, -0.2) is 8.42 Å². The zero-order chi connectivity index (χ0) is 32.1. The molecule has 0 aromatic heterocycles. The molecule has 1 heterocycles. The van der Waals surface area contributed by atoms with Crippen LogP contribution in [-0.4, -0.2) is 50.3 Å². The lowest BCUT2D eigenvalue weighted by Crippen LogP contribution is -2.49. The maximum atomic E-state index is 13.9. The Hall–Kier alpha value is -4.43. The highest BCUT2D eigenvalue weighted by molar-refractivity contribution is 7.92. The standard InChI is InChI=1S/C38H36ClN3O3S/c1-29-17-22-34(39)27-36(29)42(46(44,45)35-15-9-4-10-16-35)28-30-18-20-33(21-19-30)38(43)41-25-23-40(24-26-41)37(31-11-5-2-6-12-31)32-13-7-3-8-14-32/h2-22,27,37H,23-26,28H2,1H3. The predicted octanol–water partition coefficient (Wildman–Crippen LogP) is 7.59. The van der Waals surface area contributed by atoms with Gasteiger partial charge in [-0.3, -0.25) is 14.0 Å². The largest absolute Gasteiger partial charge is 0.336 e. The van der Waals surface area contributed by atoms with Gasteiger partial charge < -0.3 is 4.90 Å². The summed E-state index contributed by atoms with van der Waals surface area (Å²) in [5.74, 6) is -0.0263. The average molecular weight is 650 g/mol. The van der Waals surface area contributed by atoms with Crippen LogP contribution in [0.3, 0.4) is 0 Å². The Bertz CT molecular complexity index is 1840. The summed E-state index contributed by atoms with van der Waals surface area (Å²) in [6.45, 7) is 4.70. The maximum absolute atomic E-state index is 13.9. The van der Waals surface area contributed by atoms with Gasteiger partial charge in [0, 0.05) is 36.8 Å². The van der Waals surface area contributed by atoms with Gasteiger partial charge in [0.1, 0.15) is 0 Å². The van der Waals surface area contributed by atoms with Crippen molar-refractivity contribution in [1.29, 1.82) is 0 Å². The third-order valence-electron chi connectivity index (χ3n) is 8.50. The SMILES string of the molecule is Cc1ccc(Cl)cc1N(Cc1ccc(C(=O)N2CCN(C(c3ccccc3)c3ccccc3)CC2)cc1)S(=O)(=O)c1ccccc1. The molecule has 1 amide bonds. The van der Waals surface area contributed by atoms with Gasteiger partial charge in [-0.15, -0.1) is 0 Å². The Balaban J connectivity index is 1.18. The number of hydrogen-bond acceptors (Lipinski definition) is 4. The lowest BCUT2D eigenvalue weighted by molar-refractivity contribution is 0.0597. The van der Waals surface area contributed by atoms with Crippen LogP contribution >= 0.6 is 11.6 Å². The number of aryl methyl sites for hydroxylation is 1. The van der Waals surface area contributed by atoms with Crippen molar-refractivity contribution in [2.75, 3.05) is 30.5 Å². The molecular weight excluding hydrogens is 614 g/mol. The molecule has 0 aliphatic carbocycles. The zero-order valence-electron chi connectivity index (χ0n) is 25.7. The fourth-order valence-electron chi connectivity index (χ4n) is 6.04. The van der Waals surface area contributed by atoms with Gasteiger partial charge in [-0.2, -0.15) is 0 Å². The first-order chi connectivity index (χ1) is 22.3.